The van der Waals surface area contributed by atoms with Crippen LogP contribution in [0.4, 0.5) is 0 Å². The number of nitrogens with zero attached hydrogens (tertiary/aromatic N) is 3. The summed E-state index contributed by atoms with van der Waals surface area (Å²) < 4.78 is 26.8. The van der Waals surface area contributed by atoms with Crippen LogP contribution in [0, 0.1) is 0 Å². The topological polar surface area (TPSA) is 73.0 Å². The summed E-state index contributed by atoms with van der Waals surface area (Å²) in [5.74, 6) is 0.126. The molecule has 0 atom stereocenters. The molecule has 29 heavy (non-hydrogen) atoms. The normalized spacial score (nSPS) is 20.3. The Morgan fingerprint density at radius 3 is 2.24 bits per heavy atom. The highest BCUT2D eigenvalue weighted by molar-refractivity contribution is 7.88. The van der Waals surface area contributed by atoms with Crippen molar-refractivity contribution in [2.45, 2.75) is 44.5 Å². The minimum atomic E-state index is -3.35. The minimum absolute atomic E-state index is 0.0150. The van der Waals surface area contributed by atoms with Crippen molar-refractivity contribution >= 4 is 15.9 Å². The highest BCUT2D eigenvalue weighted by Crippen LogP contribution is 2.15. The summed E-state index contributed by atoms with van der Waals surface area (Å²) in [5.41, 5.74) is 0.793. The van der Waals surface area contributed by atoms with E-state index in [0.717, 1.165) is 31.5 Å². The third-order valence-corrected chi connectivity index (χ3v) is 7.54. The van der Waals surface area contributed by atoms with E-state index in [1.807, 2.05) is 35.2 Å². The Morgan fingerprint density at radius 2 is 1.66 bits per heavy atom. The molecule has 0 aliphatic carbocycles. The van der Waals surface area contributed by atoms with Crippen LogP contribution in [-0.2, 0) is 20.6 Å². The lowest BCUT2D eigenvalue weighted by atomic mass is 10.0. The Bertz CT molecular complexity index is 753. The summed E-state index contributed by atoms with van der Waals surface area (Å²) in [5, 5.41) is 3.57. The van der Waals surface area contributed by atoms with Gasteiger partial charge in [-0.15, -0.1) is 0 Å². The van der Waals surface area contributed by atoms with Crippen LogP contribution in [0.3, 0.4) is 0 Å². The smallest absolute Gasteiger partial charge is 0.236 e. The van der Waals surface area contributed by atoms with Gasteiger partial charge >= 0.3 is 0 Å². The molecule has 0 aromatic heterocycles. The zero-order valence-corrected chi connectivity index (χ0v) is 18.4. The van der Waals surface area contributed by atoms with Crippen LogP contribution in [-0.4, -0.2) is 86.3 Å². The van der Waals surface area contributed by atoms with Gasteiger partial charge in [-0.2, -0.15) is 4.31 Å². The number of hydrogen-bond donors (Lipinski definition) is 1. The average Bonchev–Trinajstić information content (AvgIpc) is 2.69. The molecular weight excluding hydrogens is 388 g/mol. The largest absolute Gasteiger partial charge is 0.339 e. The van der Waals surface area contributed by atoms with Gasteiger partial charge in [0.2, 0.25) is 15.9 Å². The molecule has 2 heterocycles. The lowest BCUT2D eigenvalue weighted by Gasteiger charge is -2.37. The number of likely N-dealkylation sites (tertiary alicyclic amines) is 1. The lowest BCUT2D eigenvalue weighted by Crippen LogP contribution is -2.53. The average molecular weight is 423 g/mol. The van der Waals surface area contributed by atoms with Gasteiger partial charge in [-0.05, 0) is 18.4 Å². The van der Waals surface area contributed by atoms with Crippen molar-refractivity contribution in [1.29, 1.82) is 0 Å². The molecule has 2 saturated heterocycles. The predicted octanol–water partition coefficient (Wildman–Crippen LogP) is 1.12. The van der Waals surface area contributed by atoms with Crippen LogP contribution in [0.25, 0.3) is 0 Å². The van der Waals surface area contributed by atoms with Crippen LogP contribution in [0.1, 0.15) is 32.3 Å². The number of carbonyl (C=O) groups excluding carboxylic acids is 1. The fraction of sp³-hybridized carbons (Fsp3) is 0.667. The van der Waals surface area contributed by atoms with E-state index in [1.165, 1.54) is 4.31 Å². The molecule has 1 amide bonds. The molecular formula is C21H34N4O3S. The van der Waals surface area contributed by atoms with E-state index in [4.69, 9.17) is 0 Å². The number of carbonyl (C=O) groups is 1. The first-order valence-corrected chi connectivity index (χ1v) is 12.2. The van der Waals surface area contributed by atoms with Crippen molar-refractivity contribution in [1.82, 2.24) is 19.4 Å². The quantitative estimate of drug-likeness (QED) is 0.713. The Kier molecular flexibility index (Phi) is 7.67. The second-order valence-corrected chi connectivity index (χ2v) is 10.4. The number of sulfonamides is 1. The van der Waals surface area contributed by atoms with Crippen molar-refractivity contribution in [3.05, 3.63) is 35.9 Å². The predicted molar refractivity (Wildman–Crippen MR) is 115 cm³/mol. The Morgan fingerprint density at radius 1 is 1.03 bits per heavy atom. The van der Waals surface area contributed by atoms with Gasteiger partial charge in [-0.1, -0.05) is 44.2 Å². The summed E-state index contributed by atoms with van der Waals surface area (Å²) in [7, 11) is -3.35. The number of benzene rings is 1. The molecule has 162 valence electrons. The molecule has 0 unspecified atom stereocenters. The molecule has 2 aliphatic heterocycles. The lowest BCUT2D eigenvalue weighted by molar-refractivity contribution is -0.133. The summed E-state index contributed by atoms with van der Waals surface area (Å²) in [6.07, 6.45) is 2.13. The zero-order valence-electron chi connectivity index (χ0n) is 17.6. The zero-order chi connectivity index (χ0) is 20.9. The van der Waals surface area contributed by atoms with Gasteiger partial charge in [0.15, 0.2) is 0 Å². The summed E-state index contributed by atoms with van der Waals surface area (Å²) in [6.45, 7) is 8.32. The highest BCUT2D eigenvalue weighted by Gasteiger charge is 2.30. The van der Waals surface area contributed by atoms with Crippen LogP contribution in [0.15, 0.2) is 30.3 Å². The van der Waals surface area contributed by atoms with Crippen molar-refractivity contribution in [2.75, 3.05) is 45.8 Å². The molecule has 1 aromatic carbocycles. The summed E-state index contributed by atoms with van der Waals surface area (Å²) in [6, 6.07) is 10.3. The Balaban J connectivity index is 1.43. The van der Waals surface area contributed by atoms with Crippen LogP contribution >= 0.6 is 0 Å². The maximum Gasteiger partial charge on any atom is 0.236 e. The van der Waals surface area contributed by atoms with Gasteiger partial charge in [-0.3, -0.25) is 9.69 Å². The minimum Gasteiger partial charge on any atom is -0.339 e. The number of rotatable bonds is 7. The second-order valence-electron chi connectivity index (χ2n) is 8.39. The van der Waals surface area contributed by atoms with Gasteiger partial charge in [-0.25, -0.2) is 8.42 Å². The van der Waals surface area contributed by atoms with E-state index in [2.05, 4.69) is 24.1 Å². The molecule has 3 rings (SSSR count). The van der Waals surface area contributed by atoms with Crippen LogP contribution in [0.2, 0.25) is 0 Å². The second kappa shape index (κ2) is 10.0. The number of piperidine rings is 1. The fourth-order valence-electron chi connectivity index (χ4n) is 4.11. The number of piperazine rings is 1. The van der Waals surface area contributed by atoms with Crippen molar-refractivity contribution in [3.63, 3.8) is 0 Å². The van der Waals surface area contributed by atoms with Gasteiger partial charge < -0.3 is 10.2 Å². The van der Waals surface area contributed by atoms with E-state index in [0.29, 0.717) is 44.8 Å². The number of amides is 1. The van der Waals surface area contributed by atoms with Gasteiger partial charge in [0.25, 0.3) is 0 Å². The fourth-order valence-corrected chi connectivity index (χ4v) is 5.63. The maximum absolute atomic E-state index is 12.7. The first-order valence-electron chi connectivity index (χ1n) is 10.6. The molecule has 2 fully saturated rings. The van der Waals surface area contributed by atoms with E-state index in [-0.39, 0.29) is 11.7 Å². The van der Waals surface area contributed by atoms with Crippen molar-refractivity contribution in [3.8, 4) is 0 Å². The standard InChI is InChI=1S/C21H34N4O3S/c1-18(2)22-20-8-10-23(11-9-20)16-21(26)24-12-14-25(15-13-24)29(27,28)17-19-6-4-3-5-7-19/h3-7,18,20,22H,8-17H2,1-2H3. The molecule has 0 saturated carbocycles. The maximum atomic E-state index is 12.7. The van der Waals surface area contributed by atoms with Gasteiger partial charge in [0.05, 0.1) is 12.3 Å². The molecule has 0 radical (unpaired) electrons. The Labute approximate surface area is 175 Å². The molecule has 8 heteroatoms. The van der Waals surface area contributed by atoms with Crippen molar-refractivity contribution < 1.29 is 13.2 Å². The molecule has 2 aliphatic rings. The van der Waals surface area contributed by atoms with Crippen molar-refractivity contribution in [2.24, 2.45) is 0 Å². The van der Waals surface area contributed by atoms with E-state index < -0.39 is 10.0 Å². The molecule has 7 nitrogen and oxygen atoms in total. The summed E-state index contributed by atoms with van der Waals surface area (Å²) in [4.78, 5) is 16.7. The molecule has 1 aromatic rings. The molecule has 1 N–H and O–H groups in total. The van der Waals surface area contributed by atoms with E-state index in [1.54, 1.807) is 0 Å². The number of hydrogen-bond acceptors (Lipinski definition) is 5. The first-order chi connectivity index (χ1) is 13.8. The third-order valence-electron chi connectivity index (χ3n) is 5.69. The third kappa shape index (κ3) is 6.50. The van der Waals surface area contributed by atoms with E-state index in [9.17, 15) is 13.2 Å². The number of nitrogens with one attached hydrogen (secondary N) is 1. The first kappa shape index (κ1) is 22.2. The van der Waals surface area contributed by atoms with Gasteiger partial charge in [0.1, 0.15) is 0 Å². The SMILES string of the molecule is CC(C)NC1CCN(CC(=O)N2CCN(S(=O)(=O)Cc3ccccc3)CC2)CC1. The van der Waals surface area contributed by atoms with Crippen LogP contribution in [0.5, 0.6) is 0 Å². The molecule has 0 bridgehead atoms. The summed E-state index contributed by atoms with van der Waals surface area (Å²) >= 11 is 0. The highest BCUT2D eigenvalue weighted by atomic mass is 32.2. The Hall–Kier alpha value is -1.48. The van der Waals surface area contributed by atoms with E-state index >= 15 is 0 Å². The monoisotopic (exact) mass is 422 g/mol. The van der Waals surface area contributed by atoms with Crippen LogP contribution < -0.4 is 5.32 Å². The molecule has 0 spiro atoms. The van der Waals surface area contributed by atoms with Gasteiger partial charge in [0, 0.05) is 51.4 Å².